The van der Waals surface area contributed by atoms with Gasteiger partial charge in [-0.1, -0.05) is 0 Å². The molecule has 1 fully saturated rings. The van der Waals surface area contributed by atoms with Crippen LogP contribution in [0.5, 0.6) is 0 Å². The summed E-state index contributed by atoms with van der Waals surface area (Å²) in [5.41, 5.74) is -0.278. The molecule has 9 heteroatoms. The molecule has 0 radical (unpaired) electrons. The number of carbonyl (C=O) groups is 1. The van der Waals surface area contributed by atoms with Gasteiger partial charge in [-0.2, -0.15) is 0 Å². The Balaban J connectivity index is 2.10. The van der Waals surface area contributed by atoms with Crippen LogP contribution in [0.2, 0.25) is 0 Å². The first-order valence-electron chi connectivity index (χ1n) is 7.76. The molecular formula is C15H22N2O6S. The topological polar surface area (TPSA) is 115 Å². The zero-order valence-electron chi connectivity index (χ0n) is 13.8. The van der Waals surface area contributed by atoms with Crippen molar-refractivity contribution in [3.05, 3.63) is 33.4 Å². The van der Waals surface area contributed by atoms with Gasteiger partial charge < -0.3 is 14.5 Å². The summed E-state index contributed by atoms with van der Waals surface area (Å²) in [7, 11) is -2.12. The molecule has 0 saturated carbocycles. The average Bonchev–Trinajstić information content (AvgIpc) is 2.55. The number of carbonyl (C=O) groups excluding carboxylic acids is 1. The number of hydrogen-bond donors (Lipinski definition) is 2. The van der Waals surface area contributed by atoms with Crippen molar-refractivity contribution in [1.29, 1.82) is 0 Å². The van der Waals surface area contributed by atoms with Crippen molar-refractivity contribution in [2.75, 3.05) is 32.6 Å². The van der Waals surface area contributed by atoms with E-state index in [0.717, 1.165) is 12.8 Å². The number of amides is 1. The number of rotatable bonds is 6. The van der Waals surface area contributed by atoms with Gasteiger partial charge >= 0.3 is 5.63 Å². The molecule has 1 amide bonds. The van der Waals surface area contributed by atoms with Crippen molar-refractivity contribution in [2.24, 2.45) is 0 Å². The minimum Gasteiger partial charge on any atom is -0.427 e. The summed E-state index contributed by atoms with van der Waals surface area (Å²) in [5, 5.41) is 2.43. The molecule has 0 aromatic carbocycles. The predicted octanol–water partition coefficient (Wildman–Crippen LogP) is 0.121. The largest absolute Gasteiger partial charge is 0.427 e. The van der Waals surface area contributed by atoms with Gasteiger partial charge in [-0.15, -0.1) is 0 Å². The van der Waals surface area contributed by atoms with Gasteiger partial charge in [-0.3, -0.25) is 4.79 Å². The van der Waals surface area contributed by atoms with E-state index < -0.39 is 21.6 Å². The van der Waals surface area contributed by atoms with E-state index in [0.29, 0.717) is 24.5 Å². The Morgan fingerprint density at radius 3 is 2.58 bits per heavy atom. The molecule has 0 spiro atoms. The third-order valence-electron chi connectivity index (χ3n) is 3.99. The van der Waals surface area contributed by atoms with Crippen LogP contribution in [0.15, 0.2) is 15.3 Å². The van der Waals surface area contributed by atoms with Gasteiger partial charge in [-0.05, 0) is 38.4 Å². The van der Waals surface area contributed by atoms with Crippen LogP contribution in [0.4, 0.5) is 0 Å². The smallest absolute Gasteiger partial charge is 0.349 e. The third kappa shape index (κ3) is 4.65. The second kappa shape index (κ2) is 7.91. The Kier molecular flexibility index (Phi) is 6.14. The van der Waals surface area contributed by atoms with Crippen LogP contribution in [0.25, 0.3) is 0 Å². The molecule has 2 N–H and O–H groups in total. The van der Waals surface area contributed by atoms with Gasteiger partial charge in [0, 0.05) is 25.7 Å². The van der Waals surface area contributed by atoms with Gasteiger partial charge in [0.25, 0.3) is 5.91 Å². The van der Waals surface area contributed by atoms with Crippen molar-refractivity contribution >= 4 is 15.9 Å². The highest BCUT2D eigenvalue weighted by Gasteiger charge is 2.23. The minimum absolute atomic E-state index is 0.0901. The summed E-state index contributed by atoms with van der Waals surface area (Å²) in [4.78, 5) is 24.3. The lowest BCUT2D eigenvalue weighted by atomic mass is 9.95. The maximum absolute atomic E-state index is 12.2. The normalized spacial score (nSPS) is 16.1. The molecule has 1 saturated heterocycles. The molecule has 0 bridgehead atoms. The van der Waals surface area contributed by atoms with E-state index in [1.807, 2.05) is 0 Å². The van der Waals surface area contributed by atoms with Gasteiger partial charge in [0.15, 0.2) is 0 Å². The fraction of sp³-hybridized carbons (Fsp3) is 0.600. The van der Waals surface area contributed by atoms with E-state index >= 15 is 0 Å². The Morgan fingerprint density at radius 2 is 2.00 bits per heavy atom. The third-order valence-corrected chi connectivity index (χ3v) is 5.35. The summed E-state index contributed by atoms with van der Waals surface area (Å²) in [6, 6.07) is 1.71. The molecule has 2 heterocycles. The Morgan fingerprint density at radius 1 is 1.33 bits per heavy atom. The van der Waals surface area contributed by atoms with Crippen molar-refractivity contribution in [1.82, 2.24) is 10.0 Å². The molecule has 1 aliphatic heterocycles. The van der Waals surface area contributed by atoms with Crippen LogP contribution in [0.3, 0.4) is 0 Å². The fourth-order valence-corrected chi connectivity index (χ4v) is 3.15. The molecule has 1 aliphatic rings. The highest BCUT2D eigenvalue weighted by atomic mass is 32.2. The standard InChI is InChI=1S/C15H22N2O6S/c1-10-9-12(11-3-6-22-7-4-11)23-15(19)13(10)14(18)17-5-8-24(20,21)16-2/h9,11,16H,3-8H2,1-2H3,(H,17,18). The Hall–Kier alpha value is -1.71. The average molecular weight is 358 g/mol. The second-order valence-corrected chi connectivity index (χ2v) is 7.71. The molecule has 1 aromatic rings. The first-order chi connectivity index (χ1) is 11.3. The quantitative estimate of drug-likeness (QED) is 0.746. The summed E-state index contributed by atoms with van der Waals surface area (Å²) in [6.07, 6.45) is 1.55. The second-order valence-electron chi connectivity index (χ2n) is 5.66. The van der Waals surface area contributed by atoms with Gasteiger partial charge in [0.05, 0.1) is 5.75 Å². The lowest BCUT2D eigenvalue weighted by Gasteiger charge is -2.21. The molecule has 0 aliphatic carbocycles. The summed E-state index contributed by atoms with van der Waals surface area (Å²) >= 11 is 0. The van der Waals surface area contributed by atoms with E-state index in [4.69, 9.17) is 9.15 Å². The number of aryl methyl sites for hydroxylation is 1. The lowest BCUT2D eigenvalue weighted by molar-refractivity contribution is 0.0795. The number of nitrogens with one attached hydrogen (secondary N) is 2. The van der Waals surface area contributed by atoms with Crippen LogP contribution in [-0.4, -0.2) is 46.9 Å². The highest BCUT2D eigenvalue weighted by molar-refractivity contribution is 7.89. The van der Waals surface area contributed by atoms with Crippen LogP contribution >= 0.6 is 0 Å². The van der Waals surface area contributed by atoms with E-state index in [1.165, 1.54) is 7.05 Å². The predicted molar refractivity (Wildman–Crippen MR) is 87.7 cm³/mol. The SMILES string of the molecule is CNS(=O)(=O)CCNC(=O)c1c(C)cc(C2CCOCC2)oc1=O. The molecular weight excluding hydrogens is 336 g/mol. The molecule has 2 rings (SSSR count). The first kappa shape index (κ1) is 18.6. The maximum atomic E-state index is 12.2. The molecule has 8 nitrogen and oxygen atoms in total. The molecule has 134 valence electrons. The van der Waals surface area contributed by atoms with E-state index in [9.17, 15) is 18.0 Å². The van der Waals surface area contributed by atoms with Gasteiger partial charge in [0.2, 0.25) is 10.0 Å². The zero-order valence-corrected chi connectivity index (χ0v) is 14.6. The van der Waals surface area contributed by atoms with Crippen LogP contribution in [0, 0.1) is 6.92 Å². The lowest BCUT2D eigenvalue weighted by Crippen LogP contribution is -2.35. The molecule has 24 heavy (non-hydrogen) atoms. The molecule has 0 atom stereocenters. The van der Waals surface area contributed by atoms with Crippen molar-refractivity contribution in [2.45, 2.75) is 25.7 Å². The molecule has 1 aromatic heterocycles. The zero-order chi connectivity index (χ0) is 17.7. The summed E-state index contributed by atoms with van der Waals surface area (Å²) < 4.78 is 35.4. The van der Waals surface area contributed by atoms with Crippen LogP contribution in [0.1, 0.15) is 40.4 Å². The Bertz CT molecular complexity index is 750. The van der Waals surface area contributed by atoms with Crippen molar-refractivity contribution in [3.8, 4) is 0 Å². The summed E-state index contributed by atoms with van der Waals surface area (Å²) in [5.74, 6) is -0.219. The number of ether oxygens (including phenoxy) is 1. The number of hydrogen-bond acceptors (Lipinski definition) is 6. The minimum atomic E-state index is -3.42. The highest BCUT2D eigenvalue weighted by Crippen LogP contribution is 2.26. The first-order valence-corrected chi connectivity index (χ1v) is 9.41. The fourth-order valence-electron chi connectivity index (χ4n) is 2.58. The maximum Gasteiger partial charge on any atom is 0.349 e. The monoisotopic (exact) mass is 358 g/mol. The molecule has 0 unspecified atom stereocenters. The van der Waals surface area contributed by atoms with E-state index in [2.05, 4.69) is 10.0 Å². The van der Waals surface area contributed by atoms with Crippen LogP contribution in [-0.2, 0) is 14.8 Å². The Labute approximate surface area is 140 Å². The van der Waals surface area contributed by atoms with Gasteiger partial charge in [-0.25, -0.2) is 17.9 Å². The van der Waals surface area contributed by atoms with E-state index in [-0.39, 0.29) is 23.8 Å². The van der Waals surface area contributed by atoms with Crippen LogP contribution < -0.4 is 15.7 Å². The summed E-state index contributed by atoms with van der Waals surface area (Å²) in [6.45, 7) is 2.81. The number of sulfonamides is 1. The van der Waals surface area contributed by atoms with Crippen molar-refractivity contribution in [3.63, 3.8) is 0 Å². The van der Waals surface area contributed by atoms with E-state index in [1.54, 1.807) is 13.0 Å². The van der Waals surface area contributed by atoms with Crippen molar-refractivity contribution < 1.29 is 22.4 Å². The van der Waals surface area contributed by atoms with Gasteiger partial charge in [0.1, 0.15) is 11.3 Å².